The van der Waals surface area contributed by atoms with Crippen molar-refractivity contribution in [1.29, 1.82) is 0 Å². The molecule has 3 rings (SSSR count). The quantitative estimate of drug-likeness (QED) is 0.297. The van der Waals surface area contributed by atoms with E-state index in [0.717, 1.165) is 27.8 Å². The number of benzene rings is 2. The number of hydrogen-bond donors (Lipinski definition) is 3. The Kier molecular flexibility index (Phi) is 7.30. The number of rotatable bonds is 7. The van der Waals surface area contributed by atoms with Crippen molar-refractivity contribution in [1.82, 2.24) is 0 Å². The minimum atomic E-state index is -0.470. The summed E-state index contributed by atoms with van der Waals surface area (Å²) >= 11 is 0. The first-order valence-corrected chi connectivity index (χ1v) is 11.6. The second-order valence-electron chi connectivity index (χ2n) is 9.99. The molecule has 1 aliphatic heterocycles. The van der Waals surface area contributed by atoms with Crippen LogP contribution >= 0.6 is 0 Å². The van der Waals surface area contributed by atoms with E-state index in [2.05, 4.69) is 12.7 Å². The van der Waals surface area contributed by atoms with E-state index < -0.39 is 6.10 Å². The fourth-order valence-corrected chi connectivity index (χ4v) is 4.08. The summed E-state index contributed by atoms with van der Waals surface area (Å²) in [6.07, 6.45) is 10.5. The van der Waals surface area contributed by atoms with Gasteiger partial charge in [-0.25, -0.2) is 0 Å². The van der Waals surface area contributed by atoms with Crippen LogP contribution in [0.15, 0.2) is 60.2 Å². The Balaban J connectivity index is 2.11. The Labute approximate surface area is 203 Å². The number of phenolic OH excluding ortho intramolecular Hbond substituents is 3. The van der Waals surface area contributed by atoms with E-state index in [-0.39, 0.29) is 22.7 Å². The summed E-state index contributed by atoms with van der Waals surface area (Å²) in [7, 11) is 0. The summed E-state index contributed by atoms with van der Waals surface area (Å²) in [5.41, 5.74) is 5.99. The lowest BCUT2D eigenvalue weighted by Crippen LogP contribution is -2.16. The molecule has 0 aromatic heterocycles. The molecular weight excluding hydrogens is 424 g/mol. The summed E-state index contributed by atoms with van der Waals surface area (Å²) in [6, 6.07) is 5.16. The Morgan fingerprint density at radius 2 is 1.56 bits per heavy atom. The van der Waals surface area contributed by atoms with Gasteiger partial charge in [-0.15, -0.1) is 6.58 Å². The molecule has 180 valence electrons. The van der Waals surface area contributed by atoms with Crippen LogP contribution in [-0.2, 0) is 18.3 Å². The lowest BCUT2D eigenvalue weighted by Gasteiger charge is -2.28. The molecule has 0 saturated heterocycles. The summed E-state index contributed by atoms with van der Waals surface area (Å²) in [4.78, 5) is 0. The molecule has 4 heteroatoms. The molecule has 4 nitrogen and oxygen atoms in total. The lowest BCUT2D eigenvalue weighted by molar-refractivity contribution is 0.248. The molecule has 0 amide bonds. The zero-order valence-corrected chi connectivity index (χ0v) is 21.1. The molecule has 0 aliphatic carbocycles. The first kappa shape index (κ1) is 25.2. The molecule has 1 aliphatic rings. The summed E-state index contributed by atoms with van der Waals surface area (Å²) in [6.45, 7) is 16.0. The molecule has 1 atom stereocenters. The highest BCUT2D eigenvalue weighted by Gasteiger charge is 2.27. The van der Waals surface area contributed by atoms with E-state index in [1.54, 1.807) is 12.1 Å². The minimum Gasteiger partial charge on any atom is -0.507 e. The molecule has 3 N–H and O–H groups in total. The van der Waals surface area contributed by atoms with Crippen LogP contribution in [0.3, 0.4) is 0 Å². The number of aromatic hydroxyl groups is 3. The smallest absolute Gasteiger partial charge is 0.161 e. The van der Waals surface area contributed by atoms with Gasteiger partial charge in [-0.3, -0.25) is 0 Å². The Hall–Kier alpha value is -3.40. The predicted molar refractivity (Wildman–Crippen MR) is 140 cm³/mol. The normalized spacial score (nSPS) is 14.7. The maximum absolute atomic E-state index is 10.7. The maximum Gasteiger partial charge on any atom is 0.161 e. The van der Waals surface area contributed by atoms with Crippen molar-refractivity contribution in [2.24, 2.45) is 0 Å². The standard InChI is InChI=1S/C30H36O4/c1-8-30(6,7)24-15-20-11-14-27(34-28(20)17-25(24)31)23-16-26(32)29(33)22(13-10-19(4)5)21(23)12-9-18(2)3/h8-11,14-17,27,31-33H,1,12-13H2,2-7H3/t27-/m0/s1. The lowest BCUT2D eigenvalue weighted by atomic mass is 9.83. The van der Waals surface area contributed by atoms with Gasteiger partial charge in [0.25, 0.3) is 0 Å². The Bertz CT molecular complexity index is 1190. The van der Waals surface area contributed by atoms with Gasteiger partial charge in [0.1, 0.15) is 17.6 Å². The van der Waals surface area contributed by atoms with E-state index in [0.29, 0.717) is 24.2 Å². The number of hydrogen-bond acceptors (Lipinski definition) is 4. The third kappa shape index (κ3) is 5.22. The SMILES string of the molecule is C=CC(C)(C)c1cc2c(cc1O)O[C@H](c1cc(O)c(O)c(CC=C(C)C)c1CC=C(C)C)C=C2. The third-order valence-electron chi connectivity index (χ3n) is 6.31. The number of phenols is 3. The minimum absolute atomic E-state index is 0.0902. The van der Waals surface area contributed by atoms with E-state index in [1.807, 2.05) is 71.9 Å². The summed E-state index contributed by atoms with van der Waals surface area (Å²) < 4.78 is 6.32. The molecule has 0 spiro atoms. The molecular formula is C30H36O4. The van der Waals surface area contributed by atoms with Crippen molar-refractivity contribution in [3.63, 3.8) is 0 Å². The van der Waals surface area contributed by atoms with Gasteiger partial charge in [-0.05, 0) is 64.3 Å². The van der Waals surface area contributed by atoms with Crippen molar-refractivity contribution < 1.29 is 20.1 Å². The van der Waals surface area contributed by atoms with Gasteiger partial charge in [-0.1, -0.05) is 49.3 Å². The van der Waals surface area contributed by atoms with Crippen molar-refractivity contribution >= 4 is 6.08 Å². The fourth-order valence-electron chi connectivity index (χ4n) is 4.08. The second-order valence-corrected chi connectivity index (χ2v) is 9.99. The average molecular weight is 461 g/mol. The van der Waals surface area contributed by atoms with Crippen LogP contribution in [0.5, 0.6) is 23.0 Å². The molecule has 0 fully saturated rings. The van der Waals surface area contributed by atoms with E-state index in [4.69, 9.17) is 4.74 Å². The molecule has 2 aromatic carbocycles. The van der Waals surface area contributed by atoms with Crippen LogP contribution in [0.2, 0.25) is 0 Å². The molecule has 1 heterocycles. The Morgan fingerprint density at radius 3 is 2.15 bits per heavy atom. The van der Waals surface area contributed by atoms with Gasteiger partial charge < -0.3 is 20.1 Å². The zero-order valence-electron chi connectivity index (χ0n) is 21.1. The van der Waals surface area contributed by atoms with Gasteiger partial charge in [-0.2, -0.15) is 0 Å². The van der Waals surface area contributed by atoms with Crippen LogP contribution in [0.25, 0.3) is 6.08 Å². The van der Waals surface area contributed by atoms with Crippen molar-refractivity contribution in [3.8, 4) is 23.0 Å². The molecule has 0 radical (unpaired) electrons. The highest BCUT2D eigenvalue weighted by Crippen LogP contribution is 2.44. The molecule has 2 aromatic rings. The van der Waals surface area contributed by atoms with Crippen LogP contribution in [0.1, 0.15) is 75.5 Å². The van der Waals surface area contributed by atoms with Gasteiger partial charge >= 0.3 is 0 Å². The molecule has 0 unspecified atom stereocenters. The van der Waals surface area contributed by atoms with Crippen molar-refractivity contribution in [3.05, 3.63) is 88.0 Å². The molecule has 0 saturated carbocycles. The first-order chi connectivity index (χ1) is 15.9. The van der Waals surface area contributed by atoms with E-state index in [1.165, 1.54) is 5.57 Å². The molecule has 34 heavy (non-hydrogen) atoms. The monoisotopic (exact) mass is 460 g/mol. The number of ether oxygens (including phenoxy) is 1. The average Bonchev–Trinajstić information content (AvgIpc) is 2.77. The van der Waals surface area contributed by atoms with Crippen LogP contribution in [-0.4, -0.2) is 15.3 Å². The van der Waals surface area contributed by atoms with Gasteiger partial charge in [0.2, 0.25) is 0 Å². The van der Waals surface area contributed by atoms with Crippen LogP contribution < -0.4 is 4.74 Å². The van der Waals surface area contributed by atoms with Gasteiger partial charge in [0.05, 0.1) is 0 Å². The highest BCUT2D eigenvalue weighted by atomic mass is 16.5. The topological polar surface area (TPSA) is 69.9 Å². The van der Waals surface area contributed by atoms with Crippen molar-refractivity contribution in [2.45, 2.75) is 65.9 Å². The van der Waals surface area contributed by atoms with Crippen LogP contribution in [0, 0.1) is 0 Å². The largest absolute Gasteiger partial charge is 0.507 e. The molecule has 0 bridgehead atoms. The second kappa shape index (κ2) is 9.84. The van der Waals surface area contributed by atoms with E-state index >= 15 is 0 Å². The third-order valence-corrected chi connectivity index (χ3v) is 6.31. The first-order valence-electron chi connectivity index (χ1n) is 11.6. The van der Waals surface area contributed by atoms with Crippen LogP contribution in [0.4, 0.5) is 0 Å². The van der Waals surface area contributed by atoms with Crippen molar-refractivity contribution in [2.75, 3.05) is 0 Å². The summed E-state index contributed by atoms with van der Waals surface area (Å²) in [5, 5.41) is 32.0. The highest BCUT2D eigenvalue weighted by molar-refractivity contribution is 5.66. The summed E-state index contributed by atoms with van der Waals surface area (Å²) in [5.74, 6) is 0.467. The van der Waals surface area contributed by atoms with Gasteiger partial charge in [0, 0.05) is 33.7 Å². The maximum atomic E-state index is 10.7. The Morgan fingerprint density at radius 1 is 0.941 bits per heavy atom. The predicted octanol–water partition coefficient (Wildman–Crippen LogP) is 7.43. The van der Waals surface area contributed by atoms with E-state index in [9.17, 15) is 15.3 Å². The fraction of sp³-hybridized carbons (Fsp3) is 0.333. The number of fused-ring (bicyclic) bond motifs is 1. The zero-order chi connectivity index (χ0) is 25.2. The van der Waals surface area contributed by atoms with Gasteiger partial charge in [0.15, 0.2) is 11.5 Å². The number of allylic oxidation sites excluding steroid dienone is 5.